The van der Waals surface area contributed by atoms with Gasteiger partial charge < -0.3 is 24.4 Å². The molecule has 19 heavy (non-hydrogen) atoms. The number of hydrogen-bond acceptors (Lipinski definition) is 5. The minimum absolute atomic E-state index is 0.0697. The highest BCUT2D eigenvalue weighted by Gasteiger charge is 2.38. The van der Waals surface area contributed by atoms with Crippen molar-refractivity contribution in [2.24, 2.45) is 0 Å². The van der Waals surface area contributed by atoms with Crippen LogP contribution in [0.4, 0.5) is 0 Å². The molecular weight excluding hydrogens is 248 g/mol. The average molecular weight is 272 g/mol. The maximum absolute atomic E-state index is 10.2. The van der Waals surface area contributed by atoms with Crippen LogP contribution in [0.1, 0.15) is 33.1 Å². The molecule has 0 amide bonds. The Bertz CT molecular complexity index is 328. The van der Waals surface area contributed by atoms with E-state index in [1.54, 1.807) is 0 Å². The monoisotopic (exact) mass is 272 g/mol. The molecule has 5 nitrogen and oxygen atoms in total. The van der Waals surface area contributed by atoms with Crippen molar-refractivity contribution in [3.8, 4) is 0 Å². The molecule has 2 fully saturated rings. The summed E-state index contributed by atoms with van der Waals surface area (Å²) in [5.41, 5.74) is 0.946. The van der Waals surface area contributed by atoms with Gasteiger partial charge in [0.15, 0.2) is 5.79 Å². The predicted octanol–water partition coefficient (Wildman–Crippen LogP) is 0.985. The van der Waals surface area contributed by atoms with Gasteiger partial charge in [0.2, 0.25) is 0 Å². The number of aliphatic hydroxyl groups is 2. The van der Waals surface area contributed by atoms with Crippen LogP contribution in [0, 0.1) is 0 Å². The lowest BCUT2D eigenvalue weighted by molar-refractivity contribution is -0.144. The topological polar surface area (TPSA) is 68.2 Å². The molecule has 0 saturated carbocycles. The van der Waals surface area contributed by atoms with Crippen molar-refractivity contribution in [3.05, 3.63) is 12.2 Å². The molecule has 2 rings (SSSR count). The fraction of sp³-hybridized carbons (Fsp3) is 0.857. The number of rotatable bonds is 5. The van der Waals surface area contributed by atoms with Gasteiger partial charge in [0.25, 0.3) is 0 Å². The summed E-state index contributed by atoms with van der Waals surface area (Å²) < 4.78 is 16.9. The zero-order valence-corrected chi connectivity index (χ0v) is 11.7. The average Bonchev–Trinajstić information content (AvgIpc) is 2.84. The van der Waals surface area contributed by atoms with E-state index in [-0.39, 0.29) is 24.9 Å². The first-order valence-electron chi connectivity index (χ1n) is 6.85. The lowest BCUT2D eigenvalue weighted by Crippen LogP contribution is -2.32. The van der Waals surface area contributed by atoms with Gasteiger partial charge in [-0.05, 0) is 25.8 Å². The van der Waals surface area contributed by atoms with Crippen molar-refractivity contribution in [2.45, 2.75) is 63.3 Å². The van der Waals surface area contributed by atoms with Crippen molar-refractivity contribution in [3.63, 3.8) is 0 Å². The second kappa shape index (κ2) is 5.89. The van der Waals surface area contributed by atoms with Gasteiger partial charge in [0.1, 0.15) is 0 Å². The molecule has 0 spiro atoms. The Morgan fingerprint density at radius 2 is 2.21 bits per heavy atom. The summed E-state index contributed by atoms with van der Waals surface area (Å²) in [4.78, 5) is 0. The molecule has 5 heteroatoms. The highest BCUT2D eigenvalue weighted by Crippen LogP contribution is 2.31. The number of ether oxygens (including phenoxy) is 3. The van der Waals surface area contributed by atoms with Crippen LogP contribution in [0.25, 0.3) is 0 Å². The smallest absolute Gasteiger partial charge is 0.163 e. The maximum Gasteiger partial charge on any atom is 0.163 e. The fourth-order valence-electron chi connectivity index (χ4n) is 2.66. The van der Waals surface area contributed by atoms with E-state index in [4.69, 9.17) is 19.3 Å². The Balaban J connectivity index is 1.81. The van der Waals surface area contributed by atoms with Crippen molar-refractivity contribution < 1.29 is 24.4 Å². The van der Waals surface area contributed by atoms with E-state index in [2.05, 4.69) is 6.58 Å². The summed E-state index contributed by atoms with van der Waals surface area (Å²) in [5.74, 6) is -0.566. The zero-order chi connectivity index (χ0) is 14.0. The molecule has 2 aliphatic rings. The summed E-state index contributed by atoms with van der Waals surface area (Å²) in [7, 11) is 0. The van der Waals surface area contributed by atoms with E-state index in [1.165, 1.54) is 0 Å². The van der Waals surface area contributed by atoms with Gasteiger partial charge in [-0.25, -0.2) is 0 Å². The van der Waals surface area contributed by atoms with Crippen molar-refractivity contribution in [2.75, 3.05) is 13.2 Å². The molecule has 0 bridgehead atoms. The van der Waals surface area contributed by atoms with E-state index >= 15 is 0 Å². The van der Waals surface area contributed by atoms with E-state index in [9.17, 15) is 5.11 Å². The first-order valence-corrected chi connectivity index (χ1v) is 6.85. The summed E-state index contributed by atoms with van der Waals surface area (Å²) >= 11 is 0. The predicted molar refractivity (Wildman–Crippen MR) is 69.6 cm³/mol. The molecular formula is C14H24O5. The quantitative estimate of drug-likeness (QED) is 0.730. The lowest BCUT2D eigenvalue weighted by atomic mass is 10.0. The third-order valence-corrected chi connectivity index (χ3v) is 3.65. The Hall–Kier alpha value is -0.460. The molecule has 0 radical (unpaired) electrons. The third kappa shape index (κ3) is 3.77. The number of hydrogen-bond donors (Lipinski definition) is 2. The maximum atomic E-state index is 10.2. The van der Waals surface area contributed by atoms with Gasteiger partial charge in [-0.2, -0.15) is 0 Å². The molecule has 2 unspecified atom stereocenters. The van der Waals surface area contributed by atoms with Crippen molar-refractivity contribution in [1.82, 2.24) is 0 Å². The summed E-state index contributed by atoms with van der Waals surface area (Å²) in [6.45, 7) is 8.24. The summed E-state index contributed by atoms with van der Waals surface area (Å²) in [6, 6.07) is 0. The molecule has 0 aromatic rings. The van der Waals surface area contributed by atoms with E-state index < -0.39 is 11.9 Å². The molecule has 2 aliphatic heterocycles. The van der Waals surface area contributed by atoms with Gasteiger partial charge in [0.05, 0.1) is 31.0 Å². The molecule has 0 aromatic heterocycles. The molecule has 2 N–H and O–H groups in total. The Labute approximate surface area is 114 Å². The Morgan fingerprint density at radius 1 is 1.47 bits per heavy atom. The van der Waals surface area contributed by atoms with E-state index in [1.807, 2.05) is 13.8 Å². The van der Waals surface area contributed by atoms with Crippen LogP contribution < -0.4 is 0 Å². The SMILES string of the molecule is C=C1CC([C@@H](O)C[C@H]2COC(C)(C)O2)OC1CCO. The van der Waals surface area contributed by atoms with Crippen LogP contribution >= 0.6 is 0 Å². The van der Waals surface area contributed by atoms with Crippen LogP contribution in [0.3, 0.4) is 0 Å². The minimum atomic E-state index is -0.594. The molecule has 110 valence electrons. The summed E-state index contributed by atoms with van der Waals surface area (Å²) in [6.07, 6.45) is 0.591. The molecule has 2 saturated heterocycles. The normalized spacial score (nSPS) is 35.8. The van der Waals surface area contributed by atoms with Crippen LogP contribution in [0.15, 0.2) is 12.2 Å². The van der Waals surface area contributed by atoms with Gasteiger partial charge in [-0.1, -0.05) is 6.58 Å². The molecule has 0 aromatic carbocycles. The molecule has 0 aliphatic carbocycles. The molecule has 4 atom stereocenters. The van der Waals surface area contributed by atoms with Crippen LogP contribution in [-0.4, -0.2) is 53.6 Å². The van der Waals surface area contributed by atoms with Gasteiger partial charge >= 0.3 is 0 Å². The fourth-order valence-corrected chi connectivity index (χ4v) is 2.66. The van der Waals surface area contributed by atoms with Crippen LogP contribution in [0.2, 0.25) is 0 Å². The van der Waals surface area contributed by atoms with Crippen molar-refractivity contribution in [1.29, 1.82) is 0 Å². The highest BCUT2D eigenvalue weighted by atomic mass is 16.7. The summed E-state index contributed by atoms with van der Waals surface area (Å²) in [5, 5.41) is 19.2. The molecule has 2 heterocycles. The lowest BCUT2D eigenvalue weighted by Gasteiger charge is -2.22. The third-order valence-electron chi connectivity index (χ3n) is 3.65. The number of aliphatic hydroxyl groups excluding tert-OH is 2. The van der Waals surface area contributed by atoms with E-state index in [0.717, 1.165) is 5.57 Å². The Kier molecular flexibility index (Phi) is 4.63. The zero-order valence-electron chi connectivity index (χ0n) is 11.7. The van der Waals surface area contributed by atoms with Crippen LogP contribution in [-0.2, 0) is 14.2 Å². The largest absolute Gasteiger partial charge is 0.396 e. The second-order valence-electron chi connectivity index (χ2n) is 5.79. The minimum Gasteiger partial charge on any atom is -0.396 e. The van der Waals surface area contributed by atoms with Crippen LogP contribution in [0.5, 0.6) is 0 Å². The van der Waals surface area contributed by atoms with Gasteiger partial charge in [-0.3, -0.25) is 0 Å². The van der Waals surface area contributed by atoms with Gasteiger partial charge in [-0.15, -0.1) is 0 Å². The Morgan fingerprint density at radius 3 is 2.79 bits per heavy atom. The van der Waals surface area contributed by atoms with Gasteiger partial charge in [0, 0.05) is 19.4 Å². The second-order valence-corrected chi connectivity index (χ2v) is 5.79. The van der Waals surface area contributed by atoms with E-state index in [0.29, 0.717) is 25.9 Å². The first kappa shape index (κ1) is 14.9. The highest BCUT2D eigenvalue weighted by molar-refractivity contribution is 5.10. The van der Waals surface area contributed by atoms with Crippen molar-refractivity contribution >= 4 is 0 Å². The first-order chi connectivity index (χ1) is 8.91. The standard InChI is InChI=1S/C14H24O5/c1-9-6-13(18-12(9)4-5-15)11(16)7-10-8-17-14(2,3)19-10/h10-13,15-16H,1,4-8H2,2-3H3/t10-,11-,12?,13?/m0/s1.